The molecular weight excluding hydrogens is 594 g/mol. The smallest absolute Gasteiger partial charge is 0.316 e. The summed E-state index contributed by atoms with van der Waals surface area (Å²) in [7, 11) is 0. The van der Waals surface area contributed by atoms with Gasteiger partial charge in [-0.2, -0.15) is 0 Å². The van der Waals surface area contributed by atoms with Crippen molar-refractivity contribution in [2.45, 2.75) is 90.6 Å². The number of nitrogens with zero attached hydrogens (tertiary/aromatic N) is 1. The number of aliphatic imine (C=N–C) groups is 1. The first-order valence-corrected chi connectivity index (χ1v) is 17.0. The number of guanidine groups is 1. The first-order chi connectivity index (χ1) is 20.9. The molecule has 45 heavy (non-hydrogen) atoms. The molecule has 0 aromatic heterocycles. The monoisotopic (exact) mass is 645 g/mol. The molecule has 0 amide bonds. The van der Waals surface area contributed by atoms with Gasteiger partial charge in [0.1, 0.15) is 23.3 Å². The number of ketones is 1. The fourth-order valence-electron chi connectivity index (χ4n) is 8.40. The second kappa shape index (κ2) is 12.7. The van der Waals surface area contributed by atoms with E-state index in [9.17, 15) is 24.3 Å². The van der Waals surface area contributed by atoms with Crippen molar-refractivity contribution in [2.75, 3.05) is 36.0 Å². The van der Waals surface area contributed by atoms with E-state index in [0.29, 0.717) is 19.4 Å². The van der Waals surface area contributed by atoms with Crippen molar-refractivity contribution in [3.8, 4) is 0 Å². The van der Waals surface area contributed by atoms with Crippen LogP contribution in [0.25, 0.3) is 0 Å². The third kappa shape index (κ3) is 6.28. The predicted octanol–water partition coefficient (Wildman–Crippen LogP) is 2.80. The van der Waals surface area contributed by atoms with E-state index < -0.39 is 38.6 Å². The number of esters is 1. The van der Waals surface area contributed by atoms with Crippen molar-refractivity contribution >= 4 is 40.8 Å². The molecule has 8 atom stereocenters. The van der Waals surface area contributed by atoms with Crippen LogP contribution in [0.3, 0.4) is 0 Å². The van der Waals surface area contributed by atoms with Gasteiger partial charge >= 0.3 is 5.97 Å². The molecular formula is C33H51N5O6S. The largest absolute Gasteiger partial charge is 0.461 e. The van der Waals surface area contributed by atoms with Crippen LogP contribution in [-0.2, 0) is 14.3 Å². The lowest BCUT2D eigenvalue weighted by Crippen LogP contribution is -2.63. The number of thioether (sulfide) groups is 1. The second-order valence-electron chi connectivity index (χ2n) is 14.6. The topological polar surface area (TPSA) is 186 Å². The number of ether oxygens (including phenoxy) is 1. The van der Waals surface area contributed by atoms with Crippen molar-refractivity contribution in [1.29, 1.82) is 0 Å². The van der Waals surface area contributed by atoms with Gasteiger partial charge in [0.25, 0.3) is 10.9 Å². The van der Waals surface area contributed by atoms with Gasteiger partial charge in [-0.05, 0) is 56.8 Å². The van der Waals surface area contributed by atoms with Crippen molar-refractivity contribution in [3.63, 3.8) is 0 Å². The maximum Gasteiger partial charge on any atom is 0.316 e. The summed E-state index contributed by atoms with van der Waals surface area (Å²) in [6.45, 7) is 17.2. The zero-order valence-electron chi connectivity index (χ0n) is 27.5. The van der Waals surface area contributed by atoms with Crippen molar-refractivity contribution in [2.24, 2.45) is 50.5 Å². The highest BCUT2D eigenvalue weighted by Crippen LogP contribution is 2.68. The normalized spacial score (nSPS) is 34.7. The fraction of sp³-hybridized carbons (Fsp3) is 0.727. The molecule has 7 N–H and O–H groups in total. The first kappa shape index (κ1) is 35.0. The number of nitrogens with two attached hydrogens (primary N) is 2. The molecule has 4 rings (SSSR count). The Labute approximate surface area is 270 Å². The van der Waals surface area contributed by atoms with E-state index in [4.69, 9.17) is 16.2 Å². The lowest BCUT2D eigenvalue weighted by atomic mass is 9.44. The van der Waals surface area contributed by atoms with Gasteiger partial charge in [0, 0.05) is 41.0 Å². The molecule has 0 unspecified atom stereocenters. The number of rotatable bonds is 12. The number of nitrogens with one attached hydrogen (secondary N) is 2. The van der Waals surface area contributed by atoms with E-state index in [1.807, 2.05) is 20.8 Å². The molecule has 3 aliphatic carbocycles. The number of aliphatic hydroxyl groups is 1. The van der Waals surface area contributed by atoms with Gasteiger partial charge in [-0.3, -0.25) is 24.2 Å². The first-order valence-electron chi connectivity index (χ1n) is 16.0. The summed E-state index contributed by atoms with van der Waals surface area (Å²) in [4.78, 5) is 55.3. The molecule has 3 fully saturated rings. The molecule has 0 aliphatic heterocycles. The van der Waals surface area contributed by atoms with Gasteiger partial charge in [-0.15, -0.1) is 18.3 Å². The van der Waals surface area contributed by atoms with E-state index in [-0.39, 0.29) is 71.1 Å². The Hall–Kier alpha value is -2.86. The summed E-state index contributed by atoms with van der Waals surface area (Å²) < 4.78 is 5.85. The average Bonchev–Trinajstić information content (AvgIpc) is 3.34. The number of anilines is 2. The summed E-state index contributed by atoms with van der Waals surface area (Å²) in [6, 6.07) is 0. The minimum atomic E-state index is -0.719. The quantitative estimate of drug-likeness (QED) is 0.0562. The molecule has 1 aromatic carbocycles. The number of hydrogen-bond donors (Lipinski definition) is 5. The predicted molar refractivity (Wildman–Crippen MR) is 180 cm³/mol. The molecule has 0 spiro atoms. The van der Waals surface area contributed by atoms with Crippen LogP contribution < -0.4 is 33.0 Å². The van der Waals surface area contributed by atoms with E-state index in [2.05, 4.69) is 43.0 Å². The highest BCUT2D eigenvalue weighted by Gasteiger charge is 2.68. The molecule has 3 aliphatic rings. The Morgan fingerprint density at radius 1 is 1.16 bits per heavy atom. The molecule has 2 bridgehead atoms. The number of Topliss-reactive ketones (excluding diaryl/α,β-unsaturated/α-hetero) is 1. The fourth-order valence-corrected chi connectivity index (χ4v) is 9.15. The van der Waals surface area contributed by atoms with Crippen LogP contribution in [-0.4, -0.2) is 65.2 Å². The van der Waals surface area contributed by atoms with Gasteiger partial charge in [0.15, 0.2) is 5.96 Å². The standard InChI is InChI=1S/C33H51N5O6S/c1-8-31(6)15-21(32(7)18(2)9-11-33(19(3)28(31)43)12-10-20(39)27(32)33)44-22(40)16-45-30(4,5)17-38-24-23(25(41)26(24)42)36-13-14-37-29(34)35/h8,18-19,21,27-28,36,38,43H,1,9-17H2,2-7H3,(H4,34,35,37)/t18-,19+,21-,27+,28+,31-,32+,33+/m1/s1. The van der Waals surface area contributed by atoms with Gasteiger partial charge in [-0.25, -0.2) is 0 Å². The maximum absolute atomic E-state index is 13.6. The Morgan fingerprint density at radius 3 is 2.42 bits per heavy atom. The lowest BCUT2D eigenvalue weighted by molar-refractivity contribution is -0.205. The summed E-state index contributed by atoms with van der Waals surface area (Å²) in [5.74, 6) is -0.396. The molecule has 3 saturated carbocycles. The minimum Gasteiger partial charge on any atom is -0.461 e. The van der Waals surface area contributed by atoms with Crippen molar-refractivity contribution in [1.82, 2.24) is 0 Å². The molecule has 0 saturated heterocycles. The Morgan fingerprint density at radius 2 is 1.80 bits per heavy atom. The zero-order valence-corrected chi connectivity index (χ0v) is 28.4. The van der Waals surface area contributed by atoms with E-state index in [1.54, 1.807) is 6.08 Å². The van der Waals surface area contributed by atoms with Gasteiger partial charge < -0.3 is 31.9 Å². The Balaban J connectivity index is 1.46. The summed E-state index contributed by atoms with van der Waals surface area (Å²) in [5, 5.41) is 17.7. The number of aliphatic hydroxyl groups excluding tert-OH is 1. The summed E-state index contributed by atoms with van der Waals surface area (Å²) >= 11 is 1.38. The van der Waals surface area contributed by atoms with Gasteiger partial charge in [0.2, 0.25) is 0 Å². The molecule has 0 radical (unpaired) electrons. The van der Waals surface area contributed by atoms with Gasteiger partial charge in [0.05, 0.1) is 18.4 Å². The van der Waals surface area contributed by atoms with Crippen LogP contribution in [0.1, 0.15) is 73.6 Å². The molecule has 0 heterocycles. The van der Waals surface area contributed by atoms with Crippen LogP contribution in [0.4, 0.5) is 11.4 Å². The van der Waals surface area contributed by atoms with E-state index in [0.717, 1.165) is 19.3 Å². The van der Waals surface area contributed by atoms with Crippen molar-refractivity contribution in [3.05, 3.63) is 33.1 Å². The van der Waals surface area contributed by atoms with Gasteiger partial charge in [-0.1, -0.05) is 33.8 Å². The summed E-state index contributed by atoms with van der Waals surface area (Å²) in [5.41, 5.74) is 8.25. The van der Waals surface area contributed by atoms with E-state index >= 15 is 0 Å². The minimum absolute atomic E-state index is 0.0543. The lowest BCUT2D eigenvalue weighted by Gasteiger charge is -2.61. The highest BCUT2D eigenvalue weighted by atomic mass is 32.2. The zero-order chi connectivity index (χ0) is 33.5. The summed E-state index contributed by atoms with van der Waals surface area (Å²) in [6.07, 6.45) is 3.91. The third-order valence-corrected chi connectivity index (χ3v) is 12.8. The van der Waals surface area contributed by atoms with Crippen molar-refractivity contribution < 1.29 is 19.4 Å². The number of carbonyl (C=O) groups excluding carboxylic acids is 2. The number of carbonyl (C=O) groups is 2. The Kier molecular flexibility index (Phi) is 9.91. The second-order valence-corrected chi connectivity index (χ2v) is 16.3. The van der Waals surface area contributed by atoms with Crippen LogP contribution >= 0.6 is 11.8 Å². The Bertz CT molecular complexity index is 1420. The molecule has 1 aromatic rings. The number of hydrogen-bond acceptors (Lipinski definition) is 10. The van der Waals surface area contributed by atoms with Crippen LogP contribution in [0.5, 0.6) is 0 Å². The maximum atomic E-state index is 13.6. The highest BCUT2D eigenvalue weighted by molar-refractivity contribution is 8.01. The van der Waals surface area contributed by atoms with Crippen LogP contribution in [0.15, 0.2) is 27.2 Å². The molecule has 11 nitrogen and oxygen atoms in total. The van der Waals surface area contributed by atoms with Crippen LogP contribution in [0.2, 0.25) is 0 Å². The third-order valence-electron chi connectivity index (χ3n) is 11.5. The molecule has 250 valence electrons. The molecule has 12 heteroatoms. The average molecular weight is 646 g/mol. The van der Waals surface area contributed by atoms with Crippen LogP contribution in [0, 0.1) is 34.0 Å². The van der Waals surface area contributed by atoms with E-state index in [1.165, 1.54) is 11.8 Å². The SMILES string of the molecule is C=C[C@]1(C)C[C@@H](OC(=O)CSC(C)(C)CNc2c(NCCN=C(N)N)c(=O)c2=O)[C@]2(C)[C@H](C)CC[C@]3(CCC(=O)[C@H]32)[C@@H](C)[C@@H]1O.